The van der Waals surface area contributed by atoms with Crippen molar-refractivity contribution in [2.24, 2.45) is 5.92 Å². The molecule has 0 radical (unpaired) electrons. The number of nitrogens with zero attached hydrogens (tertiary/aromatic N) is 1. The van der Waals surface area contributed by atoms with E-state index in [1.165, 1.54) is 0 Å². The fourth-order valence-electron chi connectivity index (χ4n) is 4.32. The fraction of sp³-hybridized carbons (Fsp3) is 0.458. The fourth-order valence-corrected chi connectivity index (χ4v) is 6.22. The van der Waals surface area contributed by atoms with Gasteiger partial charge in [-0.1, -0.05) is 42.0 Å². The lowest BCUT2D eigenvalue weighted by Gasteiger charge is -2.31. The molecule has 0 bridgehead atoms. The molecule has 1 aliphatic heterocycles. The van der Waals surface area contributed by atoms with Crippen molar-refractivity contribution in [3.05, 3.63) is 70.1 Å². The van der Waals surface area contributed by atoms with Gasteiger partial charge in [0.1, 0.15) is 17.2 Å². The topological polar surface area (TPSA) is 63.6 Å². The summed E-state index contributed by atoms with van der Waals surface area (Å²) in [7, 11) is 0. The molecule has 4 unspecified atom stereocenters. The number of aliphatic carboxylic acids is 1. The summed E-state index contributed by atoms with van der Waals surface area (Å²) in [4.78, 5) is 11.7. The minimum absolute atomic E-state index is 0.0346. The van der Waals surface area contributed by atoms with E-state index < -0.39 is 22.7 Å². The van der Waals surface area contributed by atoms with E-state index in [-0.39, 0.29) is 24.2 Å². The molecule has 0 saturated carbocycles. The molecule has 0 aromatic heterocycles. The van der Waals surface area contributed by atoms with Gasteiger partial charge in [0, 0.05) is 23.6 Å². The zero-order valence-corrected chi connectivity index (χ0v) is 20.1. The van der Waals surface area contributed by atoms with E-state index in [9.17, 15) is 13.7 Å². The minimum Gasteiger partial charge on any atom is -0.588 e. The average molecular weight is 500 g/mol. The van der Waals surface area contributed by atoms with Crippen LogP contribution in [0.15, 0.2) is 70.1 Å². The number of allylic oxidation sites excluding steroid dienone is 7. The Morgan fingerprint density at radius 3 is 2.91 bits per heavy atom. The predicted octanol–water partition coefficient (Wildman–Crippen LogP) is 6.65. The molecule has 4 atom stereocenters. The van der Waals surface area contributed by atoms with Gasteiger partial charge >= 0.3 is 5.97 Å². The highest BCUT2D eigenvalue weighted by Gasteiger charge is 2.36. The Bertz CT molecular complexity index is 896. The van der Waals surface area contributed by atoms with Gasteiger partial charge in [-0.2, -0.15) is 4.31 Å². The summed E-state index contributed by atoms with van der Waals surface area (Å²) in [5.41, 5.74) is 1.99. The van der Waals surface area contributed by atoms with Gasteiger partial charge < -0.3 is 9.66 Å². The van der Waals surface area contributed by atoms with Crippen molar-refractivity contribution >= 4 is 40.5 Å². The molecule has 1 heterocycles. The highest BCUT2D eigenvalue weighted by atomic mass is 35.5. The van der Waals surface area contributed by atoms with Crippen LogP contribution in [0.5, 0.6) is 0 Å². The first-order chi connectivity index (χ1) is 15.3. The molecule has 174 valence electrons. The molecular weight excluding hydrogens is 472 g/mol. The van der Waals surface area contributed by atoms with Crippen LogP contribution in [-0.4, -0.2) is 31.4 Å². The lowest BCUT2D eigenvalue weighted by atomic mass is 9.83. The average Bonchev–Trinajstić information content (AvgIpc) is 3.20. The van der Waals surface area contributed by atoms with Crippen LogP contribution in [0.25, 0.3) is 0 Å². The van der Waals surface area contributed by atoms with Crippen molar-refractivity contribution < 1.29 is 18.8 Å². The molecule has 0 aromatic rings. The van der Waals surface area contributed by atoms with Crippen LogP contribution in [0, 0.1) is 5.92 Å². The van der Waals surface area contributed by atoms with Crippen LogP contribution in [-0.2, 0) is 16.2 Å². The highest BCUT2D eigenvalue weighted by molar-refractivity contribution is 7.93. The van der Waals surface area contributed by atoms with Crippen LogP contribution in [0.2, 0.25) is 0 Å². The quantitative estimate of drug-likeness (QED) is 0.219. The first-order valence-electron chi connectivity index (χ1n) is 10.8. The standard InChI is InChI=1S/C24H28Cl2FNO3S/c1-2-18(25)10-11-19-13-16(9-12-23(29)30)15-28(19)32(31)20-6-3-5-17(14-20)21-7-4-8-22(27)24(21)26/h2,6,8,10,14-15,19,21,24H,1,3-5,7,9,11-13H2,(H,29,30)/b18-10+. The van der Waals surface area contributed by atoms with Crippen LogP contribution in [0.1, 0.15) is 51.4 Å². The Labute approximate surface area is 202 Å². The molecule has 0 fully saturated rings. The molecule has 0 spiro atoms. The zero-order valence-electron chi connectivity index (χ0n) is 17.8. The Morgan fingerprint density at radius 1 is 1.41 bits per heavy atom. The van der Waals surface area contributed by atoms with Gasteiger partial charge in [0.05, 0.1) is 11.4 Å². The molecule has 2 aliphatic carbocycles. The molecule has 8 heteroatoms. The number of alkyl halides is 1. The summed E-state index contributed by atoms with van der Waals surface area (Å²) >= 11 is 10.9. The third kappa shape index (κ3) is 6.31. The van der Waals surface area contributed by atoms with Crippen molar-refractivity contribution in [2.45, 2.75) is 62.8 Å². The lowest BCUT2D eigenvalue weighted by molar-refractivity contribution is -0.136. The number of halogens is 3. The molecule has 1 N–H and O–H groups in total. The van der Waals surface area contributed by atoms with E-state index in [2.05, 4.69) is 6.58 Å². The van der Waals surface area contributed by atoms with E-state index in [0.717, 1.165) is 30.4 Å². The van der Waals surface area contributed by atoms with Gasteiger partial charge in [0.25, 0.3) is 0 Å². The van der Waals surface area contributed by atoms with Crippen LogP contribution < -0.4 is 0 Å². The van der Waals surface area contributed by atoms with Crippen molar-refractivity contribution in [1.29, 1.82) is 0 Å². The molecular formula is C24H28Cl2FNO3S. The van der Waals surface area contributed by atoms with Gasteiger partial charge in [-0.25, -0.2) is 4.39 Å². The van der Waals surface area contributed by atoms with Crippen LogP contribution in [0.4, 0.5) is 4.39 Å². The van der Waals surface area contributed by atoms with E-state index >= 15 is 0 Å². The first-order valence-corrected chi connectivity index (χ1v) is 12.7. The SMILES string of the molecule is C=C/C(Cl)=C\CC1CC(CCC(=O)O)=CN1[S+]([O-])C1=CCCC(C2CCC=C(F)C2Cl)=C1. The van der Waals surface area contributed by atoms with E-state index in [1.54, 1.807) is 16.5 Å². The number of carbonyl (C=O) groups is 1. The lowest BCUT2D eigenvalue weighted by Crippen LogP contribution is -2.34. The second kappa shape index (κ2) is 11.6. The van der Waals surface area contributed by atoms with Gasteiger partial charge in [0.2, 0.25) is 0 Å². The molecule has 0 amide bonds. The van der Waals surface area contributed by atoms with E-state index in [4.69, 9.17) is 28.3 Å². The highest BCUT2D eigenvalue weighted by Crippen LogP contribution is 2.40. The summed E-state index contributed by atoms with van der Waals surface area (Å²) < 4.78 is 29.4. The first kappa shape index (κ1) is 25.2. The number of carboxylic acids is 1. The number of carboxylic acid groups (broad SMARTS) is 1. The minimum atomic E-state index is -1.46. The molecule has 0 saturated heterocycles. The largest absolute Gasteiger partial charge is 0.588 e. The van der Waals surface area contributed by atoms with Gasteiger partial charge in [-0.3, -0.25) is 4.79 Å². The summed E-state index contributed by atoms with van der Waals surface area (Å²) in [5.74, 6) is -1.23. The molecule has 3 rings (SSSR count). The maximum Gasteiger partial charge on any atom is 0.303 e. The summed E-state index contributed by atoms with van der Waals surface area (Å²) in [6.07, 6.45) is 15.2. The summed E-state index contributed by atoms with van der Waals surface area (Å²) in [6.45, 7) is 3.65. The number of hydrogen-bond donors (Lipinski definition) is 1. The van der Waals surface area contributed by atoms with E-state index in [1.807, 2.05) is 24.4 Å². The van der Waals surface area contributed by atoms with E-state index in [0.29, 0.717) is 35.6 Å². The predicted molar refractivity (Wildman–Crippen MR) is 129 cm³/mol. The maximum absolute atomic E-state index is 14.0. The Hall–Kier alpha value is -1.47. The molecule has 32 heavy (non-hydrogen) atoms. The van der Waals surface area contributed by atoms with Crippen LogP contribution >= 0.6 is 23.2 Å². The second-order valence-corrected chi connectivity index (χ2v) is 10.5. The van der Waals surface area contributed by atoms with Crippen molar-refractivity contribution in [3.63, 3.8) is 0 Å². The van der Waals surface area contributed by atoms with Gasteiger partial charge in [-0.15, -0.1) is 11.6 Å². The number of rotatable bonds is 9. The summed E-state index contributed by atoms with van der Waals surface area (Å²) in [6, 6.07) is -0.0937. The van der Waals surface area contributed by atoms with Crippen molar-refractivity contribution in [2.75, 3.05) is 0 Å². The Balaban J connectivity index is 1.79. The molecule has 4 nitrogen and oxygen atoms in total. The van der Waals surface area contributed by atoms with Crippen LogP contribution in [0.3, 0.4) is 0 Å². The molecule has 0 aromatic carbocycles. The van der Waals surface area contributed by atoms with Crippen molar-refractivity contribution in [3.8, 4) is 0 Å². The maximum atomic E-state index is 14.0. The smallest absolute Gasteiger partial charge is 0.303 e. The third-order valence-electron chi connectivity index (χ3n) is 6.02. The summed E-state index contributed by atoms with van der Waals surface area (Å²) in [5, 5.41) is 8.87. The normalized spacial score (nSPS) is 27.3. The Kier molecular flexibility index (Phi) is 9.12. The third-order valence-corrected chi connectivity index (χ3v) is 8.31. The van der Waals surface area contributed by atoms with Gasteiger partial charge in [-0.05, 0) is 62.7 Å². The second-order valence-electron chi connectivity index (χ2n) is 8.22. The zero-order chi connectivity index (χ0) is 23.3. The number of hydrogen-bond acceptors (Lipinski definition) is 3. The monoisotopic (exact) mass is 499 g/mol. The Morgan fingerprint density at radius 2 is 2.19 bits per heavy atom. The van der Waals surface area contributed by atoms with Crippen molar-refractivity contribution in [1.82, 2.24) is 4.31 Å². The van der Waals surface area contributed by atoms with Gasteiger partial charge in [0.15, 0.2) is 4.91 Å². The molecule has 3 aliphatic rings.